The van der Waals surface area contributed by atoms with Gasteiger partial charge in [0.05, 0.1) is 20.8 Å². The van der Waals surface area contributed by atoms with E-state index in [4.69, 9.17) is 14.2 Å². The normalized spacial score (nSPS) is 16.6. The maximum Gasteiger partial charge on any atom is 0.249 e. The van der Waals surface area contributed by atoms with Crippen molar-refractivity contribution in [1.82, 2.24) is 10.2 Å². The van der Waals surface area contributed by atoms with Crippen molar-refractivity contribution in [3.8, 4) is 11.5 Å². The van der Waals surface area contributed by atoms with Crippen LogP contribution in [0.1, 0.15) is 11.1 Å². The van der Waals surface area contributed by atoms with Crippen molar-refractivity contribution in [2.45, 2.75) is 19.1 Å². The minimum Gasteiger partial charge on any atom is -0.497 e. The van der Waals surface area contributed by atoms with Crippen LogP contribution >= 0.6 is 0 Å². The second-order valence-corrected chi connectivity index (χ2v) is 6.47. The zero-order chi connectivity index (χ0) is 19.9. The summed E-state index contributed by atoms with van der Waals surface area (Å²) in [6.07, 6.45) is 0. The number of nitrogens with zero attached hydrogens (tertiary/aromatic N) is 1. The molecule has 0 aliphatic carbocycles. The zero-order valence-electron chi connectivity index (χ0n) is 16.0. The van der Waals surface area contributed by atoms with Crippen molar-refractivity contribution in [1.29, 1.82) is 0 Å². The molecule has 1 saturated heterocycles. The van der Waals surface area contributed by atoms with E-state index in [9.17, 15) is 9.59 Å². The highest BCUT2D eigenvalue weighted by molar-refractivity contribution is 5.89. The number of benzene rings is 2. The fraction of sp³-hybridized carbons (Fsp3) is 0.333. The third-order valence-corrected chi connectivity index (χ3v) is 4.61. The molecule has 1 aliphatic rings. The van der Waals surface area contributed by atoms with Crippen LogP contribution in [0, 0.1) is 0 Å². The third-order valence-electron chi connectivity index (χ3n) is 4.61. The second-order valence-electron chi connectivity index (χ2n) is 6.47. The lowest BCUT2D eigenvalue weighted by molar-refractivity contribution is -0.155. The van der Waals surface area contributed by atoms with Gasteiger partial charge in [-0.1, -0.05) is 24.3 Å². The quantitative estimate of drug-likeness (QED) is 0.787. The molecular weight excluding hydrogens is 360 g/mol. The Bertz CT molecular complexity index is 822. The lowest BCUT2D eigenvalue weighted by Crippen LogP contribution is -2.55. The molecule has 0 radical (unpaired) electrons. The molecule has 1 N–H and O–H groups in total. The summed E-state index contributed by atoms with van der Waals surface area (Å²) in [5.41, 5.74) is 1.83. The Hall–Kier alpha value is -3.06. The highest BCUT2D eigenvalue weighted by atomic mass is 16.5. The van der Waals surface area contributed by atoms with Gasteiger partial charge in [0.15, 0.2) is 0 Å². The van der Waals surface area contributed by atoms with Crippen LogP contribution in [-0.2, 0) is 27.4 Å². The molecule has 1 aliphatic heterocycles. The van der Waals surface area contributed by atoms with Crippen LogP contribution in [0.15, 0.2) is 48.5 Å². The van der Waals surface area contributed by atoms with Crippen molar-refractivity contribution in [3.63, 3.8) is 0 Å². The van der Waals surface area contributed by atoms with E-state index in [2.05, 4.69) is 5.32 Å². The van der Waals surface area contributed by atoms with E-state index >= 15 is 0 Å². The van der Waals surface area contributed by atoms with Gasteiger partial charge >= 0.3 is 0 Å². The minimum atomic E-state index is -0.672. The van der Waals surface area contributed by atoms with Crippen LogP contribution in [0.2, 0.25) is 0 Å². The molecule has 1 fully saturated rings. The molecule has 28 heavy (non-hydrogen) atoms. The van der Waals surface area contributed by atoms with E-state index in [1.807, 2.05) is 48.5 Å². The molecule has 3 rings (SSSR count). The average Bonchev–Trinajstić information content (AvgIpc) is 2.74. The van der Waals surface area contributed by atoms with Crippen LogP contribution in [0.5, 0.6) is 11.5 Å². The number of methoxy groups -OCH3 is 2. The number of morpholine rings is 1. The van der Waals surface area contributed by atoms with E-state index in [1.54, 1.807) is 19.1 Å². The van der Waals surface area contributed by atoms with Gasteiger partial charge in [0.2, 0.25) is 11.8 Å². The number of amides is 2. The number of rotatable bonds is 7. The fourth-order valence-corrected chi connectivity index (χ4v) is 3.04. The summed E-state index contributed by atoms with van der Waals surface area (Å²) in [7, 11) is 3.20. The molecule has 0 saturated carbocycles. The molecule has 7 heteroatoms. The first-order valence-electron chi connectivity index (χ1n) is 9.01. The second kappa shape index (κ2) is 9.23. The van der Waals surface area contributed by atoms with Crippen molar-refractivity contribution in [2.24, 2.45) is 0 Å². The molecule has 1 heterocycles. The SMILES string of the molecule is COc1ccc(CN2C(=O)COC[C@H]2C(=O)NCc2cccc(OC)c2)cc1. The van der Waals surface area contributed by atoms with Crippen molar-refractivity contribution in [2.75, 3.05) is 27.4 Å². The Kier molecular flexibility index (Phi) is 6.49. The number of carbonyl (C=O) groups excluding carboxylic acids is 2. The summed E-state index contributed by atoms with van der Waals surface area (Å²) in [6, 6.07) is 14.2. The van der Waals surface area contributed by atoms with Crippen LogP contribution in [0.4, 0.5) is 0 Å². The zero-order valence-corrected chi connectivity index (χ0v) is 16.0. The minimum absolute atomic E-state index is 0.0180. The van der Waals surface area contributed by atoms with Gasteiger partial charge in [-0.05, 0) is 35.4 Å². The number of ether oxygens (including phenoxy) is 3. The fourth-order valence-electron chi connectivity index (χ4n) is 3.04. The van der Waals surface area contributed by atoms with Gasteiger partial charge in [-0.25, -0.2) is 0 Å². The Morgan fingerprint density at radius 3 is 2.57 bits per heavy atom. The summed E-state index contributed by atoms with van der Waals surface area (Å²) in [6.45, 7) is 0.836. The Labute approximate surface area is 164 Å². The van der Waals surface area contributed by atoms with Gasteiger partial charge in [0, 0.05) is 13.1 Å². The molecule has 0 spiro atoms. The summed E-state index contributed by atoms with van der Waals surface area (Å²) in [4.78, 5) is 26.7. The molecule has 2 amide bonds. The molecule has 1 atom stereocenters. The number of hydrogen-bond donors (Lipinski definition) is 1. The van der Waals surface area contributed by atoms with Gasteiger partial charge < -0.3 is 24.4 Å². The first kappa shape index (κ1) is 19.7. The first-order valence-corrected chi connectivity index (χ1v) is 9.01. The molecule has 2 aromatic carbocycles. The van der Waals surface area contributed by atoms with Gasteiger partial charge in [-0.2, -0.15) is 0 Å². The predicted octanol–water partition coefficient (Wildman–Crippen LogP) is 1.75. The summed E-state index contributed by atoms with van der Waals surface area (Å²) >= 11 is 0. The maximum absolute atomic E-state index is 12.7. The average molecular weight is 384 g/mol. The predicted molar refractivity (Wildman–Crippen MR) is 103 cm³/mol. The van der Waals surface area contributed by atoms with Crippen LogP contribution in [0.3, 0.4) is 0 Å². The lowest BCUT2D eigenvalue weighted by Gasteiger charge is -2.34. The molecule has 2 aromatic rings. The molecule has 0 aromatic heterocycles. The third kappa shape index (κ3) is 4.80. The summed E-state index contributed by atoms with van der Waals surface area (Å²) < 4.78 is 15.7. The molecule has 7 nitrogen and oxygen atoms in total. The number of carbonyl (C=O) groups is 2. The van der Waals surface area contributed by atoms with Gasteiger partial charge in [0.1, 0.15) is 24.1 Å². The molecule has 0 bridgehead atoms. The van der Waals surface area contributed by atoms with Crippen molar-refractivity contribution in [3.05, 3.63) is 59.7 Å². The van der Waals surface area contributed by atoms with E-state index in [0.29, 0.717) is 13.1 Å². The highest BCUT2D eigenvalue weighted by Crippen LogP contribution is 2.17. The van der Waals surface area contributed by atoms with Gasteiger partial charge in [-0.3, -0.25) is 9.59 Å². The van der Waals surface area contributed by atoms with Gasteiger partial charge in [0.25, 0.3) is 0 Å². The van der Waals surface area contributed by atoms with E-state index in [1.165, 1.54) is 0 Å². The van der Waals surface area contributed by atoms with E-state index < -0.39 is 6.04 Å². The van der Waals surface area contributed by atoms with Crippen molar-refractivity contribution >= 4 is 11.8 Å². The smallest absolute Gasteiger partial charge is 0.249 e. The number of hydrogen-bond acceptors (Lipinski definition) is 5. The topological polar surface area (TPSA) is 77.1 Å². The lowest BCUT2D eigenvalue weighted by atomic mass is 10.1. The number of nitrogens with one attached hydrogen (secondary N) is 1. The van der Waals surface area contributed by atoms with Crippen LogP contribution in [0.25, 0.3) is 0 Å². The molecule has 148 valence electrons. The standard InChI is InChI=1S/C21H24N2O5/c1-26-17-8-6-15(7-9-17)12-23-19(13-28-14-20(23)24)21(25)22-11-16-4-3-5-18(10-16)27-2/h3-10,19H,11-14H2,1-2H3,(H,22,25)/t19-/m0/s1. The maximum atomic E-state index is 12.7. The van der Waals surface area contributed by atoms with Crippen LogP contribution in [-0.4, -0.2) is 50.2 Å². The Morgan fingerprint density at radius 1 is 1.11 bits per heavy atom. The molecular formula is C21H24N2O5. The largest absolute Gasteiger partial charge is 0.497 e. The summed E-state index contributed by atoms with van der Waals surface area (Å²) in [5, 5.41) is 2.89. The van der Waals surface area contributed by atoms with E-state index in [-0.39, 0.29) is 25.0 Å². The Morgan fingerprint density at radius 2 is 1.86 bits per heavy atom. The highest BCUT2D eigenvalue weighted by Gasteiger charge is 2.33. The summed E-state index contributed by atoms with van der Waals surface area (Å²) in [5.74, 6) is 1.02. The first-order chi connectivity index (χ1) is 13.6. The molecule has 0 unspecified atom stereocenters. The van der Waals surface area contributed by atoms with Crippen LogP contribution < -0.4 is 14.8 Å². The monoisotopic (exact) mass is 384 g/mol. The van der Waals surface area contributed by atoms with Crippen molar-refractivity contribution < 1.29 is 23.8 Å². The van der Waals surface area contributed by atoms with E-state index in [0.717, 1.165) is 22.6 Å². The van der Waals surface area contributed by atoms with Gasteiger partial charge in [-0.15, -0.1) is 0 Å². The Balaban J connectivity index is 1.66.